The first-order valence-corrected chi connectivity index (χ1v) is 0.622. The number of hydrogen-bond donors (Lipinski definition) is 2. The van der Waals surface area contributed by atoms with Crippen LogP contribution in [0.3, 0.4) is 0 Å². The van der Waals surface area contributed by atoms with Crippen molar-refractivity contribution in [1.82, 2.24) is 0 Å². The fourth-order valence-corrected chi connectivity index (χ4v) is 0. The van der Waals surface area contributed by atoms with Gasteiger partial charge in [0.25, 0.3) is 0 Å². The zero-order valence-corrected chi connectivity index (χ0v) is 3.15. The second-order valence-electron chi connectivity index (χ2n) is 0.167. The summed E-state index contributed by atoms with van der Waals surface area (Å²) >= 11 is 0. The summed E-state index contributed by atoms with van der Waals surface area (Å²) in [7, 11) is 0. The van der Waals surface area contributed by atoms with E-state index in [1.807, 2.05) is 0 Å². The van der Waals surface area contributed by atoms with Crippen molar-refractivity contribution in [3.63, 3.8) is 0 Å². The number of nitrogens with one attached hydrogen (secondary N) is 1. The normalized spacial score (nSPS) is 3.00. The summed E-state index contributed by atoms with van der Waals surface area (Å²) in [6.07, 6.45) is 0.750. The van der Waals surface area contributed by atoms with Gasteiger partial charge >= 0.3 is 0 Å². The van der Waals surface area contributed by atoms with Gasteiger partial charge in [-0.05, 0) is 0 Å². The van der Waals surface area contributed by atoms with Crippen molar-refractivity contribution in [3.8, 4) is 0 Å². The average Bonchev–Trinajstić information content (AvgIpc) is 0.918. The Morgan fingerprint density at radius 3 is 1.75 bits per heavy atom. The van der Waals surface area contributed by atoms with Gasteiger partial charge in [-0.2, -0.15) is 13.5 Å². The Morgan fingerprint density at radius 1 is 1.75 bits per heavy atom. The van der Waals surface area contributed by atoms with Crippen LogP contribution in [0.15, 0.2) is 0 Å². The zero-order chi connectivity index (χ0) is 2.71. The SMILES string of the molecule is N=CN.S. The molecule has 4 heavy (non-hydrogen) atoms. The summed E-state index contributed by atoms with van der Waals surface area (Å²) in [6, 6.07) is 0. The van der Waals surface area contributed by atoms with Crippen LogP contribution < -0.4 is 5.73 Å². The van der Waals surface area contributed by atoms with Gasteiger partial charge in [0.05, 0.1) is 6.34 Å². The molecule has 3 heteroatoms. The molecule has 0 aromatic heterocycles. The Bertz CT molecular complexity index is 13.5. The van der Waals surface area contributed by atoms with Crippen LogP contribution in [-0.4, -0.2) is 6.34 Å². The lowest BCUT2D eigenvalue weighted by atomic mass is 11.4. The van der Waals surface area contributed by atoms with E-state index in [9.17, 15) is 0 Å². The second-order valence-corrected chi connectivity index (χ2v) is 0.167. The molecule has 0 rings (SSSR count). The molecule has 0 atom stereocenters. The van der Waals surface area contributed by atoms with Crippen LogP contribution in [0.2, 0.25) is 0 Å². The van der Waals surface area contributed by atoms with E-state index in [4.69, 9.17) is 5.41 Å². The standard InChI is InChI=1S/CH4N2.H2S/c2-1-3;/h1H,(H3,2,3);1H2. The van der Waals surface area contributed by atoms with E-state index in [1.165, 1.54) is 0 Å². The zero-order valence-electron chi connectivity index (χ0n) is 2.15. The third-order valence-corrected chi connectivity index (χ3v) is 0. The van der Waals surface area contributed by atoms with E-state index in [0.717, 1.165) is 6.34 Å². The van der Waals surface area contributed by atoms with Gasteiger partial charge in [-0.15, -0.1) is 0 Å². The summed E-state index contributed by atoms with van der Waals surface area (Å²) in [5.74, 6) is 0. The van der Waals surface area contributed by atoms with Crippen LogP contribution in [0.4, 0.5) is 0 Å². The van der Waals surface area contributed by atoms with E-state index in [-0.39, 0.29) is 13.5 Å². The maximum Gasteiger partial charge on any atom is 0.0765 e. The minimum absolute atomic E-state index is 0. The van der Waals surface area contributed by atoms with Gasteiger partial charge in [-0.1, -0.05) is 0 Å². The molecule has 0 spiro atoms. The molecule has 3 N–H and O–H groups in total. The molecule has 0 saturated heterocycles. The maximum atomic E-state index is 5.86. The predicted molar refractivity (Wildman–Crippen MR) is 23.4 cm³/mol. The highest BCUT2D eigenvalue weighted by Crippen LogP contribution is 0.879. The topological polar surface area (TPSA) is 49.9 Å². The van der Waals surface area contributed by atoms with Gasteiger partial charge in [0.15, 0.2) is 0 Å². The first-order valence-electron chi connectivity index (χ1n) is 0.622. The van der Waals surface area contributed by atoms with Gasteiger partial charge in [-0.3, -0.25) is 5.41 Å². The Balaban J connectivity index is 0. The van der Waals surface area contributed by atoms with E-state index in [1.54, 1.807) is 0 Å². The van der Waals surface area contributed by atoms with Gasteiger partial charge < -0.3 is 5.73 Å². The third-order valence-electron chi connectivity index (χ3n) is 0. The minimum Gasteiger partial charge on any atom is -0.390 e. The monoisotopic (exact) mass is 78.0 g/mol. The van der Waals surface area contributed by atoms with E-state index in [0.29, 0.717) is 0 Å². The largest absolute Gasteiger partial charge is 0.390 e. The maximum absolute atomic E-state index is 5.86. The Morgan fingerprint density at radius 2 is 1.75 bits per heavy atom. The van der Waals surface area contributed by atoms with Crippen molar-refractivity contribution in [2.75, 3.05) is 0 Å². The van der Waals surface area contributed by atoms with Crippen molar-refractivity contribution >= 4 is 19.8 Å². The lowest BCUT2D eigenvalue weighted by molar-refractivity contribution is 1.52. The molecule has 0 aliphatic carbocycles. The van der Waals surface area contributed by atoms with Crippen LogP contribution in [0, 0.1) is 5.41 Å². The van der Waals surface area contributed by atoms with E-state index in [2.05, 4.69) is 5.73 Å². The molecule has 0 aliphatic rings. The molecule has 0 radical (unpaired) electrons. The predicted octanol–water partition coefficient (Wildman–Crippen LogP) is -0.335. The van der Waals surface area contributed by atoms with Crippen LogP contribution >= 0.6 is 13.5 Å². The molecule has 0 aromatic carbocycles. The van der Waals surface area contributed by atoms with Crippen molar-refractivity contribution < 1.29 is 0 Å². The Kier molecular flexibility index (Phi) is 31.9. The molecule has 0 amide bonds. The molecular formula is CH6N2S. The average molecular weight is 78.1 g/mol. The fourth-order valence-electron chi connectivity index (χ4n) is 0. The van der Waals surface area contributed by atoms with E-state index >= 15 is 0 Å². The highest BCUT2D eigenvalue weighted by molar-refractivity contribution is 7.59. The minimum atomic E-state index is 0. The molecule has 0 unspecified atom stereocenters. The molecule has 0 saturated carbocycles. The molecule has 0 heterocycles. The van der Waals surface area contributed by atoms with Crippen LogP contribution in [0.1, 0.15) is 0 Å². The molecular weight excluding hydrogens is 72.1 g/mol. The molecule has 0 fully saturated rings. The smallest absolute Gasteiger partial charge is 0.0765 e. The van der Waals surface area contributed by atoms with Crippen molar-refractivity contribution in [2.45, 2.75) is 0 Å². The molecule has 0 bridgehead atoms. The molecule has 2 nitrogen and oxygen atoms in total. The summed E-state index contributed by atoms with van der Waals surface area (Å²) < 4.78 is 0. The molecule has 26 valence electrons. The second kappa shape index (κ2) is 13.9. The number of hydrogen-bond acceptors (Lipinski definition) is 1. The summed E-state index contributed by atoms with van der Waals surface area (Å²) in [5.41, 5.74) is 4.39. The summed E-state index contributed by atoms with van der Waals surface area (Å²) in [6.45, 7) is 0. The first-order chi connectivity index (χ1) is 1.41. The summed E-state index contributed by atoms with van der Waals surface area (Å²) in [4.78, 5) is 0. The Labute approximate surface area is 32.0 Å². The van der Waals surface area contributed by atoms with Gasteiger partial charge in [0.1, 0.15) is 0 Å². The van der Waals surface area contributed by atoms with Crippen LogP contribution in [0.25, 0.3) is 0 Å². The number of nitrogens with two attached hydrogens (primary N) is 1. The summed E-state index contributed by atoms with van der Waals surface area (Å²) in [5, 5.41) is 5.86. The highest BCUT2D eigenvalue weighted by Gasteiger charge is 1.10. The third kappa shape index (κ3) is 37.8. The van der Waals surface area contributed by atoms with Crippen molar-refractivity contribution in [2.24, 2.45) is 5.73 Å². The number of rotatable bonds is 0. The van der Waals surface area contributed by atoms with Crippen LogP contribution in [-0.2, 0) is 0 Å². The van der Waals surface area contributed by atoms with Gasteiger partial charge in [0, 0.05) is 0 Å². The molecule has 0 aromatic rings. The quantitative estimate of drug-likeness (QED) is 0.302. The lowest BCUT2D eigenvalue weighted by Crippen LogP contribution is -1.81. The van der Waals surface area contributed by atoms with Crippen molar-refractivity contribution in [1.29, 1.82) is 5.41 Å². The van der Waals surface area contributed by atoms with Crippen LogP contribution in [0.5, 0.6) is 0 Å². The van der Waals surface area contributed by atoms with Gasteiger partial charge in [-0.25, -0.2) is 0 Å². The van der Waals surface area contributed by atoms with E-state index < -0.39 is 0 Å². The van der Waals surface area contributed by atoms with Gasteiger partial charge in [0.2, 0.25) is 0 Å². The lowest BCUT2D eigenvalue weighted by Gasteiger charge is -1.38. The highest BCUT2D eigenvalue weighted by atomic mass is 32.1. The van der Waals surface area contributed by atoms with Crippen molar-refractivity contribution in [3.05, 3.63) is 0 Å². The Hall–Kier alpha value is -0.180. The fraction of sp³-hybridized carbons (Fsp3) is 0. The molecule has 0 aliphatic heterocycles. The first kappa shape index (κ1) is 9.17.